The van der Waals surface area contributed by atoms with E-state index in [0.717, 1.165) is 41.0 Å². The molecule has 4 rings (SSSR count). The maximum absolute atomic E-state index is 12.8. The van der Waals surface area contributed by atoms with Crippen LogP contribution in [0.2, 0.25) is 0 Å². The van der Waals surface area contributed by atoms with Crippen LogP contribution in [-0.2, 0) is 9.47 Å². The minimum Gasteiger partial charge on any atom is -0.493 e. The fourth-order valence-corrected chi connectivity index (χ4v) is 4.83. The molecule has 2 aliphatic rings. The molecule has 6 nitrogen and oxygen atoms in total. The van der Waals surface area contributed by atoms with E-state index >= 15 is 0 Å². The molecule has 2 aliphatic heterocycles. The number of benzene rings is 1. The van der Waals surface area contributed by atoms with Gasteiger partial charge in [-0.15, -0.1) is 0 Å². The Balaban J connectivity index is 1.89. The number of fused-ring (bicyclic) bond motifs is 6. The summed E-state index contributed by atoms with van der Waals surface area (Å²) in [5.74, 6) is 0.400. The molecule has 166 valence electrons. The third kappa shape index (κ3) is 3.67. The van der Waals surface area contributed by atoms with E-state index in [0.29, 0.717) is 13.2 Å². The molecule has 0 unspecified atom stereocenters. The van der Waals surface area contributed by atoms with Gasteiger partial charge in [0.05, 0.1) is 37.2 Å². The second-order valence-electron chi connectivity index (χ2n) is 8.94. The maximum Gasteiger partial charge on any atom is 0.343 e. The third-order valence-electron chi connectivity index (χ3n) is 6.38. The molecule has 0 amide bonds. The molecule has 6 heteroatoms. The van der Waals surface area contributed by atoms with E-state index in [9.17, 15) is 9.59 Å². The molecule has 2 atom stereocenters. The summed E-state index contributed by atoms with van der Waals surface area (Å²) in [4.78, 5) is 25.2. The number of rotatable bonds is 6. The van der Waals surface area contributed by atoms with Crippen molar-refractivity contribution in [3.05, 3.63) is 51.3 Å². The van der Waals surface area contributed by atoms with E-state index in [-0.39, 0.29) is 29.6 Å². The lowest BCUT2D eigenvalue weighted by molar-refractivity contribution is 0.0144. The molecule has 0 aliphatic carbocycles. The van der Waals surface area contributed by atoms with Crippen molar-refractivity contribution in [2.24, 2.45) is 0 Å². The lowest BCUT2D eigenvalue weighted by Crippen LogP contribution is -2.36. The van der Waals surface area contributed by atoms with Gasteiger partial charge in [-0.2, -0.15) is 0 Å². The zero-order chi connectivity index (χ0) is 22.3. The first-order chi connectivity index (χ1) is 14.8. The fourth-order valence-electron chi connectivity index (χ4n) is 4.83. The van der Waals surface area contributed by atoms with Crippen LogP contribution in [0.1, 0.15) is 74.0 Å². The number of aryl methyl sites for hydroxylation is 1. The van der Waals surface area contributed by atoms with Crippen molar-refractivity contribution >= 4 is 5.97 Å². The van der Waals surface area contributed by atoms with Crippen molar-refractivity contribution in [2.45, 2.75) is 65.0 Å². The Labute approximate surface area is 183 Å². The Morgan fingerprint density at radius 3 is 2.74 bits per heavy atom. The van der Waals surface area contributed by atoms with Gasteiger partial charge in [-0.25, -0.2) is 4.79 Å². The first-order valence-electron chi connectivity index (χ1n) is 11.1. The number of pyridine rings is 1. The molecular formula is C25H31NO5. The van der Waals surface area contributed by atoms with Crippen LogP contribution >= 0.6 is 0 Å². The van der Waals surface area contributed by atoms with Crippen molar-refractivity contribution in [1.29, 1.82) is 0 Å². The molecule has 0 bridgehead atoms. The summed E-state index contributed by atoms with van der Waals surface area (Å²) in [6.45, 7) is 11.5. The molecule has 1 aromatic carbocycles. The van der Waals surface area contributed by atoms with Crippen LogP contribution in [0.4, 0.5) is 0 Å². The highest BCUT2D eigenvalue weighted by molar-refractivity contribution is 5.89. The molecule has 0 N–H and O–H groups in total. The summed E-state index contributed by atoms with van der Waals surface area (Å²) < 4.78 is 19.4. The maximum atomic E-state index is 12.8. The smallest absolute Gasteiger partial charge is 0.343 e. The minimum atomic E-state index is -0.585. The van der Waals surface area contributed by atoms with Crippen molar-refractivity contribution in [2.75, 3.05) is 19.8 Å². The summed E-state index contributed by atoms with van der Waals surface area (Å²) in [5.41, 5.74) is 3.24. The van der Waals surface area contributed by atoms with Crippen LogP contribution < -0.4 is 10.2 Å². The van der Waals surface area contributed by atoms with Gasteiger partial charge in [-0.3, -0.25) is 4.79 Å². The number of carbonyl (C=O) groups is 1. The van der Waals surface area contributed by atoms with Gasteiger partial charge in [0.25, 0.3) is 0 Å². The van der Waals surface area contributed by atoms with Gasteiger partial charge < -0.3 is 18.8 Å². The zero-order valence-electron chi connectivity index (χ0n) is 19.0. The molecule has 1 fully saturated rings. The predicted octanol–water partition coefficient (Wildman–Crippen LogP) is 4.63. The van der Waals surface area contributed by atoms with E-state index in [1.807, 2.05) is 11.5 Å². The van der Waals surface area contributed by atoms with Crippen LogP contribution in [0.5, 0.6) is 5.75 Å². The topological polar surface area (TPSA) is 66.8 Å². The van der Waals surface area contributed by atoms with Gasteiger partial charge in [0.15, 0.2) is 5.43 Å². The Kier molecular flexibility index (Phi) is 5.69. The molecule has 0 radical (unpaired) electrons. The molecule has 2 aromatic rings. The van der Waals surface area contributed by atoms with Crippen molar-refractivity contribution in [3.8, 4) is 17.0 Å². The Morgan fingerprint density at radius 1 is 1.26 bits per heavy atom. The van der Waals surface area contributed by atoms with Gasteiger partial charge >= 0.3 is 5.97 Å². The lowest BCUT2D eigenvalue weighted by Gasteiger charge is -2.38. The van der Waals surface area contributed by atoms with Gasteiger partial charge in [0, 0.05) is 23.7 Å². The quantitative estimate of drug-likeness (QED) is 0.499. The second kappa shape index (κ2) is 8.15. The molecule has 31 heavy (non-hydrogen) atoms. The molecule has 3 heterocycles. The zero-order valence-corrected chi connectivity index (χ0v) is 19.0. The Morgan fingerprint density at radius 2 is 2.03 bits per heavy atom. The van der Waals surface area contributed by atoms with Crippen molar-refractivity contribution < 1.29 is 19.0 Å². The van der Waals surface area contributed by atoms with Gasteiger partial charge in [-0.05, 0) is 57.4 Å². The van der Waals surface area contributed by atoms with Crippen LogP contribution in [0.3, 0.4) is 0 Å². The molecule has 1 saturated heterocycles. The van der Waals surface area contributed by atoms with Crippen LogP contribution in [0.15, 0.2) is 29.2 Å². The van der Waals surface area contributed by atoms with E-state index in [2.05, 4.69) is 32.9 Å². The first-order valence-corrected chi connectivity index (χ1v) is 11.1. The lowest BCUT2D eigenvalue weighted by atomic mass is 9.78. The van der Waals surface area contributed by atoms with Gasteiger partial charge in [0.2, 0.25) is 0 Å². The van der Waals surface area contributed by atoms with Crippen LogP contribution in [0.25, 0.3) is 11.3 Å². The Bertz CT molecular complexity index is 1070. The van der Waals surface area contributed by atoms with Gasteiger partial charge in [-0.1, -0.05) is 13.3 Å². The normalized spacial score (nSPS) is 20.5. The highest BCUT2D eigenvalue weighted by Gasteiger charge is 2.49. The number of ether oxygens (including phenoxy) is 3. The molecule has 0 spiro atoms. The second-order valence-corrected chi connectivity index (χ2v) is 8.94. The van der Waals surface area contributed by atoms with Crippen LogP contribution in [0, 0.1) is 6.92 Å². The van der Waals surface area contributed by atoms with E-state index in [1.165, 1.54) is 0 Å². The third-order valence-corrected chi connectivity index (χ3v) is 6.38. The average molecular weight is 426 g/mol. The molecule has 0 saturated carbocycles. The number of esters is 1. The highest BCUT2D eigenvalue weighted by Crippen LogP contribution is 2.53. The largest absolute Gasteiger partial charge is 0.493 e. The van der Waals surface area contributed by atoms with Crippen molar-refractivity contribution in [1.82, 2.24) is 4.57 Å². The highest BCUT2D eigenvalue weighted by atomic mass is 16.5. The van der Waals surface area contributed by atoms with E-state index in [1.54, 1.807) is 19.2 Å². The standard InChI is InChI=1S/C25H31NO5/c1-6-8-9-30-22-11-16-17(10-15(22)3)20-12-21(27)18(24(28)29-7-2)13-26(20)23-19(16)14-31-25(23,4)5/h10-13,19,23H,6-9,14H2,1-5H3/t19-,23+/m1/s1. The SMILES string of the molecule is CCCCOc1cc2c(cc1C)-c1cc(=O)c(C(=O)OCC)cn1[C@H]1[C@@H]2COC1(C)C. The predicted molar refractivity (Wildman–Crippen MR) is 119 cm³/mol. The number of hydrogen-bond donors (Lipinski definition) is 0. The molecular weight excluding hydrogens is 394 g/mol. The monoisotopic (exact) mass is 425 g/mol. The number of unbranched alkanes of at least 4 members (excludes halogenated alkanes) is 1. The summed E-state index contributed by atoms with van der Waals surface area (Å²) >= 11 is 0. The summed E-state index contributed by atoms with van der Waals surface area (Å²) in [7, 11) is 0. The van der Waals surface area contributed by atoms with Crippen LogP contribution in [-0.4, -0.2) is 36.0 Å². The number of nitrogens with zero attached hydrogens (tertiary/aromatic N) is 1. The first kappa shape index (κ1) is 21.6. The number of carbonyl (C=O) groups excluding carboxylic acids is 1. The minimum absolute atomic E-state index is 0.0463. The summed E-state index contributed by atoms with van der Waals surface area (Å²) in [6, 6.07) is 5.73. The number of aromatic nitrogens is 1. The van der Waals surface area contributed by atoms with Crippen molar-refractivity contribution in [3.63, 3.8) is 0 Å². The fraction of sp³-hybridized carbons (Fsp3) is 0.520. The van der Waals surface area contributed by atoms with E-state index in [4.69, 9.17) is 14.2 Å². The van der Waals surface area contributed by atoms with E-state index < -0.39 is 11.6 Å². The summed E-state index contributed by atoms with van der Waals surface area (Å²) in [6.07, 6.45) is 3.75. The Hall–Kier alpha value is -2.60. The average Bonchev–Trinajstić information content (AvgIpc) is 3.04. The molecule has 1 aromatic heterocycles. The summed E-state index contributed by atoms with van der Waals surface area (Å²) in [5, 5.41) is 0. The van der Waals surface area contributed by atoms with Gasteiger partial charge in [0.1, 0.15) is 11.3 Å². The number of hydrogen-bond acceptors (Lipinski definition) is 5.